The van der Waals surface area contributed by atoms with Crippen LogP contribution < -0.4 is 9.80 Å². The molecule has 0 radical (unpaired) electrons. The first kappa shape index (κ1) is 36.9. The number of hydrogen-bond donors (Lipinski definition) is 0. The van der Waals surface area contributed by atoms with E-state index in [9.17, 15) is 0 Å². The van der Waals surface area contributed by atoms with Crippen LogP contribution in [0, 0.1) is 0 Å². The lowest BCUT2D eigenvalue weighted by Crippen LogP contribution is -2.28. The Hall–Kier alpha value is -7.94. The van der Waals surface area contributed by atoms with Gasteiger partial charge in [0.2, 0.25) is 0 Å². The predicted molar refractivity (Wildman–Crippen MR) is 264 cm³/mol. The fraction of sp³-hybridized carbons (Fsp3) is 0.0492. The summed E-state index contributed by atoms with van der Waals surface area (Å²) < 4.78 is 0. The number of anilines is 5. The standard InChI is InChI=1S/C61H44N2/c1-4-14-43(15-5-1)44-28-34-52(35-29-44)63(53-36-30-46(31-37-53)45-26-32-51(33-27-45)62-41-40-48-25-24-47-16-10-11-21-55(47)60(48)62)54-38-39-57-56-22-12-13-23-58(56)61(59(57)42-54,49-17-6-2-7-18-49)50-19-8-3-9-20-50/h1-39,42H,40-41H2. The minimum absolute atomic E-state index is 0.493. The van der Waals surface area contributed by atoms with Crippen molar-refractivity contribution in [2.45, 2.75) is 11.8 Å². The molecule has 0 saturated heterocycles. The molecule has 0 unspecified atom stereocenters. The quantitative estimate of drug-likeness (QED) is 0.151. The van der Waals surface area contributed by atoms with Gasteiger partial charge in [0.15, 0.2) is 0 Å². The highest BCUT2D eigenvalue weighted by molar-refractivity contribution is 5.99. The normalized spacial score (nSPS) is 13.4. The topological polar surface area (TPSA) is 6.48 Å². The van der Waals surface area contributed by atoms with E-state index in [1.807, 2.05) is 0 Å². The third-order valence-electron chi connectivity index (χ3n) is 13.4. The minimum Gasteiger partial charge on any atom is -0.340 e. The molecule has 0 saturated carbocycles. The van der Waals surface area contributed by atoms with Crippen LogP contribution in [0.25, 0.3) is 44.2 Å². The number of hydrogen-bond acceptors (Lipinski definition) is 2. The van der Waals surface area contributed by atoms with Gasteiger partial charge in [0.05, 0.1) is 11.1 Å². The zero-order chi connectivity index (χ0) is 41.7. The Balaban J connectivity index is 0.958. The van der Waals surface area contributed by atoms with Crippen LogP contribution in [0.4, 0.5) is 28.4 Å². The average Bonchev–Trinajstić information content (AvgIpc) is 3.94. The summed E-state index contributed by atoms with van der Waals surface area (Å²) in [4.78, 5) is 4.91. The second-order valence-electron chi connectivity index (χ2n) is 16.8. The minimum atomic E-state index is -0.493. The maximum absolute atomic E-state index is 2.49. The van der Waals surface area contributed by atoms with Gasteiger partial charge in [-0.25, -0.2) is 0 Å². The summed E-state index contributed by atoms with van der Waals surface area (Å²) in [6.45, 7) is 0.992. The van der Waals surface area contributed by atoms with Crippen molar-refractivity contribution in [2.24, 2.45) is 0 Å². The molecule has 10 aromatic rings. The largest absolute Gasteiger partial charge is 0.340 e. The van der Waals surface area contributed by atoms with Crippen molar-refractivity contribution < 1.29 is 0 Å². The van der Waals surface area contributed by atoms with Crippen molar-refractivity contribution in [3.63, 3.8) is 0 Å². The molecule has 2 nitrogen and oxygen atoms in total. The molecule has 0 aromatic heterocycles. The molecule has 10 aromatic carbocycles. The Labute approximate surface area is 369 Å². The van der Waals surface area contributed by atoms with E-state index in [1.54, 1.807) is 0 Å². The lowest BCUT2D eigenvalue weighted by Gasteiger charge is -2.35. The van der Waals surface area contributed by atoms with Gasteiger partial charge < -0.3 is 9.80 Å². The summed E-state index contributed by atoms with van der Waals surface area (Å²) in [5.74, 6) is 0. The molecule has 1 aliphatic carbocycles. The molecule has 2 heteroatoms. The van der Waals surface area contributed by atoms with E-state index in [4.69, 9.17) is 0 Å². The van der Waals surface area contributed by atoms with Crippen LogP contribution in [0.15, 0.2) is 243 Å². The highest BCUT2D eigenvalue weighted by atomic mass is 15.2. The lowest BCUT2D eigenvalue weighted by atomic mass is 9.67. The van der Waals surface area contributed by atoms with Gasteiger partial charge in [-0.1, -0.05) is 194 Å². The first-order chi connectivity index (χ1) is 31.2. The van der Waals surface area contributed by atoms with Crippen molar-refractivity contribution in [2.75, 3.05) is 16.3 Å². The van der Waals surface area contributed by atoms with E-state index >= 15 is 0 Å². The molecule has 1 heterocycles. The van der Waals surface area contributed by atoms with Crippen molar-refractivity contribution in [3.8, 4) is 33.4 Å². The Bertz CT molecular complexity index is 3210. The maximum atomic E-state index is 2.49. The molecule has 1 aliphatic heterocycles. The van der Waals surface area contributed by atoms with E-state index in [0.29, 0.717) is 0 Å². The zero-order valence-electron chi connectivity index (χ0n) is 34.9. The van der Waals surface area contributed by atoms with Crippen LogP contribution in [0.3, 0.4) is 0 Å². The van der Waals surface area contributed by atoms with Crippen LogP contribution in [-0.4, -0.2) is 6.54 Å². The molecule has 0 N–H and O–H groups in total. The van der Waals surface area contributed by atoms with E-state index in [-0.39, 0.29) is 0 Å². The molecule has 0 atom stereocenters. The SMILES string of the molecule is c1ccc(-c2ccc(N(c3ccc(-c4ccc(N5CCc6ccc7ccccc7c65)cc4)cc3)c3ccc4c(c3)C(c3ccccc3)(c3ccccc3)c3ccccc3-4)cc2)cc1. The van der Waals surface area contributed by atoms with Crippen molar-refractivity contribution in [3.05, 3.63) is 270 Å². The lowest BCUT2D eigenvalue weighted by molar-refractivity contribution is 0.768. The second kappa shape index (κ2) is 15.2. The van der Waals surface area contributed by atoms with E-state index < -0.39 is 5.41 Å². The predicted octanol–water partition coefficient (Wildman–Crippen LogP) is 15.7. The van der Waals surface area contributed by atoms with Crippen LogP contribution in [0.5, 0.6) is 0 Å². The maximum Gasteiger partial charge on any atom is 0.0714 e. The van der Waals surface area contributed by atoms with Gasteiger partial charge in [0.25, 0.3) is 0 Å². The van der Waals surface area contributed by atoms with Gasteiger partial charge in [0.1, 0.15) is 0 Å². The van der Waals surface area contributed by atoms with Gasteiger partial charge in [-0.2, -0.15) is 0 Å². The van der Waals surface area contributed by atoms with Gasteiger partial charge >= 0.3 is 0 Å². The third-order valence-corrected chi connectivity index (χ3v) is 13.4. The van der Waals surface area contributed by atoms with Crippen molar-refractivity contribution in [1.82, 2.24) is 0 Å². The highest BCUT2D eigenvalue weighted by Gasteiger charge is 2.46. The molecule has 298 valence electrons. The molecule has 2 aliphatic rings. The monoisotopic (exact) mass is 804 g/mol. The molecule has 0 amide bonds. The number of benzene rings is 10. The molecular weight excluding hydrogens is 761 g/mol. The zero-order valence-corrected chi connectivity index (χ0v) is 34.9. The van der Waals surface area contributed by atoms with Gasteiger partial charge in [-0.15, -0.1) is 0 Å². The number of nitrogens with zero attached hydrogens (tertiary/aromatic N) is 2. The Morgan fingerprint density at radius 1 is 0.381 bits per heavy atom. The van der Waals surface area contributed by atoms with Gasteiger partial charge in [0, 0.05) is 34.7 Å². The summed E-state index contributed by atoms with van der Waals surface area (Å²) in [5.41, 5.74) is 19.3. The molecule has 0 spiro atoms. The number of rotatable bonds is 8. The van der Waals surface area contributed by atoms with Crippen LogP contribution in [-0.2, 0) is 11.8 Å². The first-order valence-electron chi connectivity index (χ1n) is 22.0. The summed E-state index contributed by atoms with van der Waals surface area (Å²) in [7, 11) is 0. The van der Waals surface area contributed by atoms with Crippen LogP contribution in [0.2, 0.25) is 0 Å². The fourth-order valence-corrected chi connectivity index (χ4v) is 10.5. The smallest absolute Gasteiger partial charge is 0.0714 e. The van der Waals surface area contributed by atoms with Crippen LogP contribution in [0.1, 0.15) is 27.8 Å². The molecular formula is C61H44N2. The van der Waals surface area contributed by atoms with Crippen LogP contribution >= 0.6 is 0 Å². The fourth-order valence-electron chi connectivity index (χ4n) is 10.5. The second-order valence-corrected chi connectivity index (χ2v) is 16.8. The molecule has 63 heavy (non-hydrogen) atoms. The highest BCUT2D eigenvalue weighted by Crippen LogP contribution is 2.57. The summed E-state index contributed by atoms with van der Waals surface area (Å²) >= 11 is 0. The molecule has 0 bridgehead atoms. The Morgan fingerprint density at radius 3 is 1.54 bits per heavy atom. The summed E-state index contributed by atoms with van der Waals surface area (Å²) in [5, 5.41) is 2.61. The van der Waals surface area contributed by atoms with E-state index in [2.05, 4.69) is 252 Å². The van der Waals surface area contributed by atoms with Crippen molar-refractivity contribution >= 4 is 39.2 Å². The summed E-state index contributed by atoms with van der Waals surface area (Å²) in [6, 6.07) is 89.4. The first-order valence-corrected chi connectivity index (χ1v) is 22.0. The Morgan fingerprint density at radius 2 is 0.889 bits per heavy atom. The summed E-state index contributed by atoms with van der Waals surface area (Å²) in [6.07, 6.45) is 1.06. The van der Waals surface area contributed by atoms with E-state index in [0.717, 1.165) is 30.0 Å². The Kier molecular flexibility index (Phi) is 8.90. The van der Waals surface area contributed by atoms with Gasteiger partial charge in [-0.3, -0.25) is 0 Å². The van der Waals surface area contributed by atoms with E-state index in [1.165, 1.54) is 83.3 Å². The average molecular weight is 805 g/mol. The molecule has 12 rings (SSSR count). The molecule has 0 fully saturated rings. The third kappa shape index (κ3) is 6.09. The van der Waals surface area contributed by atoms with Crippen molar-refractivity contribution in [1.29, 1.82) is 0 Å². The van der Waals surface area contributed by atoms with Gasteiger partial charge in [-0.05, 0) is 122 Å². The number of fused-ring (bicyclic) bond motifs is 6.